The third kappa shape index (κ3) is 5.93. The molecule has 0 bridgehead atoms. The number of carbonyl (C=O) groups is 2. The summed E-state index contributed by atoms with van der Waals surface area (Å²) in [6.07, 6.45) is 0. The fraction of sp³-hybridized carbons (Fsp3) is 0.800. The molecule has 0 aromatic carbocycles. The highest BCUT2D eigenvalue weighted by Crippen LogP contribution is 2.04. The van der Waals surface area contributed by atoms with Gasteiger partial charge in [-0.15, -0.1) is 0 Å². The molecule has 0 unspecified atom stereocenters. The van der Waals surface area contributed by atoms with Crippen LogP contribution in [-0.4, -0.2) is 35.0 Å². The Balaban J connectivity index is 4.50. The average Bonchev–Trinajstić information content (AvgIpc) is 1.95. The van der Waals surface area contributed by atoms with Gasteiger partial charge in [-0.25, -0.2) is 4.79 Å². The summed E-state index contributed by atoms with van der Waals surface area (Å²) in [5, 5.41) is 2.79. The van der Waals surface area contributed by atoms with Crippen LogP contribution in [0.3, 0.4) is 0 Å². The summed E-state index contributed by atoms with van der Waals surface area (Å²) in [5.41, 5.74) is 4.75. The number of nitrogens with two attached hydrogens (primary N) is 1. The van der Waals surface area contributed by atoms with E-state index in [2.05, 4.69) is 5.32 Å². The van der Waals surface area contributed by atoms with Crippen LogP contribution in [0.25, 0.3) is 0 Å². The third-order valence-electron chi connectivity index (χ3n) is 1.69. The molecule has 0 aromatic heterocycles. The summed E-state index contributed by atoms with van der Waals surface area (Å²) in [6.45, 7) is 9.27. The highest BCUT2D eigenvalue weighted by Gasteiger charge is 2.22. The van der Waals surface area contributed by atoms with Crippen LogP contribution in [0.4, 0.5) is 4.79 Å². The van der Waals surface area contributed by atoms with Gasteiger partial charge in [0, 0.05) is 11.6 Å². The minimum Gasteiger partial charge on any atom is -0.368 e. The van der Waals surface area contributed by atoms with E-state index in [-0.39, 0.29) is 24.2 Å². The highest BCUT2D eigenvalue weighted by molar-refractivity contribution is 5.83. The zero-order valence-electron chi connectivity index (χ0n) is 10.1. The molecule has 0 spiro atoms. The molecular weight excluding hydrogens is 194 g/mol. The van der Waals surface area contributed by atoms with Gasteiger partial charge in [0.1, 0.15) is 6.54 Å². The van der Waals surface area contributed by atoms with Gasteiger partial charge in [-0.1, -0.05) is 0 Å². The number of amides is 3. The van der Waals surface area contributed by atoms with Crippen molar-refractivity contribution in [3.8, 4) is 0 Å². The Morgan fingerprint density at radius 1 is 1.33 bits per heavy atom. The van der Waals surface area contributed by atoms with Crippen molar-refractivity contribution in [3.05, 3.63) is 0 Å². The zero-order chi connectivity index (χ0) is 12.2. The molecule has 3 N–H and O–H groups in total. The van der Waals surface area contributed by atoms with E-state index >= 15 is 0 Å². The van der Waals surface area contributed by atoms with Crippen LogP contribution < -0.4 is 11.1 Å². The van der Waals surface area contributed by atoms with Crippen LogP contribution in [0, 0.1) is 0 Å². The Kier molecular flexibility index (Phi) is 4.58. The summed E-state index contributed by atoms with van der Waals surface area (Å²) in [4.78, 5) is 23.9. The number of carbonyl (C=O) groups excluding carboxylic acids is 2. The molecule has 0 rings (SSSR count). The molecule has 0 aliphatic carbocycles. The van der Waals surface area contributed by atoms with E-state index in [0.717, 1.165) is 0 Å². The summed E-state index contributed by atoms with van der Waals surface area (Å²) in [6, 6.07) is -0.323. The monoisotopic (exact) mass is 215 g/mol. The lowest BCUT2D eigenvalue weighted by Gasteiger charge is -2.30. The second-order valence-corrected chi connectivity index (χ2v) is 4.87. The first kappa shape index (κ1) is 13.7. The number of hydrogen-bond donors (Lipinski definition) is 2. The Hall–Kier alpha value is -1.26. The van der Waals surface area contributed by atoms with Gasteiger partial charge >= 0.3 is 6.03 Å². The summed E-state index contributed by atoms with van der Waals surface area (Å²) >= 11 is 0. The zero-order valence-corrected chi connectivity index (χ0v) is 10.1. The molecule has 0 saturated heterocycles. The quantitative estimate of drug-likeness (QED) is 0.726. The second-order valence-electron chi connectivity index (χ2n) is 4.87. The van der Waals surface area contributed by atoms with Crippen molar-refractivity contribution >= 4 is 11.9 Å². The van der Waals surface area contributed by atoms with Gasteiger partial charge < -0.3 is 16.0 Å². The Labute approximate surface area is 91.0 Å². The Bertz CT molecular complexity index is 244. The van der Waals surface area contributed by atoms with Gasteiger partial charge in [0.05, 0.1) is 0 Å². The van der Waals surface area contributed by atoms with Crippen molar-refractivity contribution in [2.45, 2.75) is 46.2 Å². The Morgan fingerprint density at radius 2 is 1.80 bits per heavy atom. The van der Waals surface area contributed by atoms with Gasteiger partial charge in [-0.3, -0.25) is 4.79 Å². The predicted molar refractivity (Wildman–Crippen MR) is 59.3 cm³/mol. The molecule has 5 heteroatoms. The van der Waals surface area contributed by atoms with Crippen LogP contribution in [0.5, 0.6) is 0 Å². The van der Waals surface area contributed by atoms with Gasteiger partial charge in [-0.2, -0.15) is 0 Å². The van der Waals surface area contributed by atoms with Crippen LogP contribution in [0.1, 0.15) is 34.6 Å². The maximum Gasteiger partial charge on any atom is 0.318 e. The molecule has 0 aromatic rings. The smallest absolute Gasteiger partial charge is 0.318 e. The van der Waals surface area contributed by atoms with E-state index in [0.29, 0.717) is 0 Å². The number of nitrogens with one attached hydrogen (secondary N) is 1. The first-order valence-electron chi connectivity index (χ1n) is 5.00. The standard InChI is InChI=1S/C10H21N3O2/c1-7(2)13(6-8(11)14)9(15)12-10(3,4)5/h7H,6H2,1-5H3,(H2,11,14)(H,12,15). The average molecular weight is 215 g/mol. The molecule has 0 saturated carbocycles. The number of hydrogen-bond acceptors (Lipinski definition) is 2. The van der Waals surface area contributed by atoms with Gasteiger partial charge in [0.2, 0.25) is 5.91 Å². The van der Waals surface area contributed by atoms with E-state index in [1.807, 2.05) is 34.6 Å². The van der Waals surface area contributed by atoms with E-state index in [1.165, 1.54) is 4.90 Å². The first-order chi connectivity index (χ1) is 6.63. The van der Waals surface area contributed by atoms with Crippen molar-refractivity contribution in [1.29, 1.82) is 0 Å². The lowest BCUT2D eigenvalue weighted by atomic mass is 10.1. The van der Waals surface area contributed by atoms with Crippen molar-refractivity contribution in [2.24, 2.45) is 5.73 Å². The Morgan fingerprint density at radius 3 is 2.07 bits per heavy atom. The molecular formula is C10H21N3O2. The van der Waals surface area contributed by atoms with Gasteiger partial charge in [0.15, 0.2) is 0 Å². The van der Waals surface area contributed by atoms with Gasteiger partial charge in [-0.05, 0) is 34.6 Å². The number of nitrogens with zero attached hydrogens (tertiary/aromatic N) is 1. The largest absolute Gasteiger partial charge is 0.368 e. The molecule has 0 aliphatic rings. The maximum absolute atomic E-state index is 11.7. The summed E-state index contributed by atoms with van der Waals surface area (Å²) < 4.78 is 0. The SMILES string of the molecule is CC(C)N(CC(N)=O)C(=O)NC(C)(C)C. The third-order valence-corrected chi connectivity index (χ3v) is 1.69. The molecule has 3 amide bonds. The van der Waals surface area contributed by atoms with Crippen molar-refractivity contribution in [2.75, 3.05) is 6.54 Å². The van der Waals surface area contributed by atoms with Crippen molar-refractivity contribution in [3.63, 3.8) is 0 Å². The fourth-order valence-electron chi connectivity index (χ4n) is 1.05. The number of rotatable bonds is 3. The van der Waals surface area contributed by atoms with Crippen LogP contribution in [-0.2, 0) is 4.79 Å². The minimum absolute atomic E-state index is 0.0557. The molecule has 0 atom stereocenters. The van der Waals surface area contributed by atoms with E-state index in [1.54, 1.807) is 0 Å². The van der Waals surface area contributed by atoms with E-state index < -0.39 is 5.91 Å². The van der Waals surface area contributed by atoms with Crippen LogP contribution >= 0.6 is 0 Å². The number of urea groups is 1. The first-order valence-corrected chi connectivity index (χ1v) is 5.00. The molecule has 0 radical (unpaired) electrons. The normalized spacial score (nSPS) is 11.3. The molecule has 0 aliphatic heterocycles. The maximum atomic E-state index is 11.7. The lowest BCUT2D eigenvalue weighted by Crippen LogP contribution is -2.52. The van der Waals surface area contributed by atoms with Crippen molar-refractivity contribution < 1.29 is 9.59 Å². The molecule has 0 heterocycles. The predicted octanol–water partition coefficient (Wildman–Crippen LogP) is 0.690. The molecule has 15 heavy (non-hydrogen) atoms. The number of primary amides is 1. The van der Waals surface area contributed by atoms with Gasteiger partial charge in [0.25, 0.3) is 0 Å². The van der Waals surface area contributed by atoms with Crippen LogP contribution in [0.15, 0.2) is 0 Å². The minimum atomic E-state index is -0.507. The highest BCUT2D eigenvalue weighted by atomic mass is 16.2. The van der Waals surface area contributed by atoms with E-state index in [9.17, 15) is 9.59 Å². The van der Waals surface area contributed by atoms with Crippen molar-refractivity contribution in [1.82, 2.24) is 10.2 Å². The lowest BCUT2D eigenvalue weighted by molar-refractivity contribution is -0.118. The fourth-order valence-corrected chi connectivity index (χ4v) is 1.05. The van der Waals surface area contributed by atoms with E-state index in [4.69, 9.17) is 5.73 Å². The second kappa shape index (κ2) is 5.00. The summed E-state index contributed by atoms with van der Waals surface area (Å²) in [7, 11) is 0. The molecule has 0 fully saturated rings. The summed E-state index contributed by atoms with van der Waals surface area (Å²) in [5.74, 6) is -0.507. The topological polar surface area (TPSA) is 75.4 Å². The van der Waals surface area contributed by atoms with Crippen LogP contribution in [0.2, 0.25) is 0 Å². The molecule has 88 valence electrons. The molecule has 5 nitrogen and oxygen atoms in total.